The number of amidine groups is 1. The second kappa shape index (κ2) is 7.62. The van der Waals surface area contributed by atoms with Crippen molar-refractivity contribution in [3.8, 4) is 0 Å². The van der Waals surface area contributed by atoms with Crippen molar-refractivity contribution in [2.24, 2.45) is 4.40 Å². The molecular formula is C17H18N4O5S. The number of likely N-dealkylation sites (N-methyl/N-ethyl adjacent to an activating group) is 1. The molecule has 1 aromatic heterocycles. The lowest BCUT2D eigenvalue weighted by atomic mass is 10.2. The molecule has 0 aliphatic carbocycles. The van der Waals surface area contributed by atoms with Gasteiger partial charge in [-0.15, -0.1) is 4.40 Å². The molecule has 3 rings (SSSR count). The zero-order chi connectivity index (χ0) is 19.4. The minimum atomic E-state index is -3.75. The maximum absolute atomic E-state index is 12.1. The van der Waals surface area contributed by atoms with E-state index in [9.17, 15) is 18.0 Å². The van der Waals surface area contributed by atoms with Gasteiger partial charge in [0.05, 0.1) is 25.9 Å². The standard InChI is InChI=1S/C17H18N4O5S/c1-21(17-13-6-2-3-7-14(13)27(24,25)20-17)11-16(23)19-10-15(22)18-9-12-5-4-8-26-12/h2-8H,9-11H2,1H3,(H,18,22)(H,19,23). The highest BCUT2D eigenvalue weighted by molar-refractivity contribution is 7.90. The van der Waals surface area contributed by atoms with Crippen LogP contribution >= 0.6 is 0 Å². The third-order valence-corrected chi connectivity index (χ3v) is 5.17. The number of nitrogens with zero attached hydrogens (tertiary/aromatic N) is 2. The van der Waals surface area contributed by atoms with Gasteiger partial charge in [0.15, 0.2) is 5.84 Å². The van der Waals surface area contributed by atoms with Gasteiger partial charge < -0.3 is 20.0 Å². The number of sulfonamides is 1. The van der Waals surface area contributed by atoms with Crippen molar-refractivity contribution in [3.05, 3.63) is 54.0 Å². The average Bonchev–Trinajstić information content (AvgIpc) is 3.25. The molecule has 2 heterocycles. The fourth-order valence-corrected chi connectivity index (χ4v) is 3.80. The maximum atomic E-state index is 12.1. The lowest BCUT2D eigenvalue weighted by molar-refractivity contribution is -0.126. The van der Waals surface area contributed by atoms with Gasteiger partial charge in [-0.1, -0.05) is 12.1 Å². The monoisotopic (exact) mass is 390 g/mol. The van der Waals surface area contributed by atoms with Crippen LogP contribution in [0, 0.1) is 0 Å². The summed E-state index contributed by atoms with van der Waals surface area (Å²) in [4.78, 5) is 25.4. The molecule has 0 atom stereocenters. The molecule has 10 heteroatoms. The number of rotatable bonds is 6. The zero-order valence-corrected chi connectivity index (χ0v) is 15.3. The Morgan fingerprint density at radius 3 is 2.63 bits per heavy atom. The fourth-order valence-electron chi connectivity index (χ4n) is 2.55. The highest BCUT2D eigenvalue weighted by atomic mass is 32.2. The number of carbonyl (C=O) groups is 2. The van der Waals surface area contributed by atoms with Gasteiger partial charge in [-0.2, -0.15) is 8.42 Å². The lowest BCUT2D eigenvalue weighted by Gasteiger charge is -2.18. The molecule has 0 fully saturated rings. The van der Waals surface area contributed by atoms with E-state index in [1.165, 1.54) is 17.2 Å². The van der Waals surface area contributed by atoms with E-state index in [4.69, 9.17) is 4.42 Å². The zero-order valence-electron chi connectivity index (χ0n) is 14.5. The Morgan fingerprint density at radius 2 is 1.89 bits per heavy atom. The molecule has 2 N–H and O–H groups in total. The van der Waals surface area contributed by atoms with Crippen LogP contribution in [0.1, 0.15) is 11.3 Å². The summed E-state index contributed by atoms with van der Waals surface area (Å²) in [7, 11) is -2.19. The number of nitrogens with one attached hydrogen (secondary N) is 2. The molecule has 1 aliphatic rings. The van der Waals surface area contributed by atoms with Gasteiger partial charge in [0.2, 0.25) is 11.8 Å². The van der Waals surface area contributed by atoms with Crippen molar-refractivity contribution in [1.29, 1.82) is 0 Å². The summed E-state index contributed by atoms with van der Waals surface area (Å²) in [6.07, 6.45) is 1.50. The number of amides is 2. The summed E-state index contributed by atoms with van der Waals surface area (Å²) in [5.41, 5.74) is 0.448. The van der Waals surface area contributed by atoms with Crippen LogP contribution in [-0.2, 0) is 26.2 Å². The predicted octanol–water partition coefficient (Wildman–Crippen LogP) is 0.0929. The second-order valence-corrected chi connectivity index (χ2v) is 7.45. The normalized spacial score (nSPS) is 14.2. The second-order valence-electron chi connectivity index (χ2n) is 5.88. The molecule has 142 valence electrons. The molecule has 1 aliphatic heterocycles. The van der Waals surface area contributed by atoms with E-state index < -0.39 is 15.9 Å². The highest BCUT2D eigenvalue weighted by Gasteiger charge is 2.30. The summed E-state index contributed by atoms with van der Waals surface area (Å²) in [5, 5.41) is 5.09. The van der Waals surface area contributed by atoms with Crippen molar-refractivity contribution in [2.45, 2.75) is 11.4 Å². The Balaban J connectivity index is 1.52. The van der Waals surface area contributed by atoms with E-state index in [-0.39, 0.29) is 36.3 Å². The first-order valence-electron chi connectivity index (χ1n) is 8.08. The molecule has 2 amide bonds. The quantitative estimate of drug-likeness (QED) is 0.721. The van der Waals surface area contributed by atoms with Crippen LogP contribution in [0.15, 0.2) is 56.4 Å². The van der Waals surface area contributed by atoms with Crippen LogP contribution in [0.2, 0.25) is 0 Å². The third-order valence-electron chi connectivity index (χ3n) is 3.84. The van der Waals surface area contributed by atoms with Crippen LogP contribution in [0.4, 0.5) is 0 Å². The van der Waals surface area contributed by atoms with Crippen molar-refractivity contribution in [2.75, 3.05) is 20.1 Å². The summed E-state index contributed by atoms with van der Waals surface area (Å²) in [6, 6.07) is 9.86. The molecule has 0 saturated heterocycles. The van der Waals surface area contributed by atoms with Gasteiger partial charge in [0.25, 0.3) is 10.0 Å². The van der Waals surface area contributed by atoms with Crippen LogP contribution in [0.3, 0.4) is 0 Å². The molecule has 0 unspecified atom stereocenters. The Bertz CT molecular complexity index is 983. The van der Waals surface area contributed by atoms with E-state index in [1.807, 2.05) is 0 Å². The van der Waals surface area contributed by atoms with Gasteiger partial charge in [-0.05, 0) is 24.3 Å². The summed E-state index contributed by atoms with van der Waals surface area (Å²) >= 11 is 0. The Kier molecular flexibility index (Phi) is 5.26. The largest absolute Gasteiger partial charge is 0.467 e. The van der Waals surface area contributed by atoms with E-state index in [1.54, 1.807) is 37.4 Å². The number of hydrogen-bond donors (Lipinski definition) is 2. The number of carbonyl (C=O) groups excluding carboxylic acids is 2. The molecular weight excluding hydrogens is 372 g/mol. The molecule has 1 aromatic carbocycles. The Hall–Kier alpha value is -3.14. The van der Waals surface area contributed by atoms with Crippen molar-refractivity contribution >= 4 is 27.7 Å². The molecule has 27 heavy (non-hydrogen) atoms. The van der Waals surface area contributed by atoms with Crippen LogP contribution in [0.5, 0.6) is 0 Å². The van der Waals surface area contributed by atoms with Crippen LogP contribution in [-0.4, -0.2) is 51.1 Å². The van der Waals surface area contributed by atoms with Gasteiger partial charge in [-0.25, -0.2) is 0 Å². The smallest absolute Gasteiger partial charge is 0.285 e. The van der Waals surface area contributed by atoms with Gasteiger partial charge in [0, 0.05) is 12.6 Å². The third kappa shape index (κ3) is 4.34. The maximum Gasteiger partial charge on any atom is 0.285 e. The SMILES string of the molecule is CN(CC(=O)NCC(=O)NCc1ccco1)C1=NS(=O)(=O)c2ccccc21. The topological polar surface area (TPSA) is 121 Å². The van der Waals surface area contributed by atoms with E-state index in [2.05, 4.69) is 15.0 Å². The van der Waals surface area contributed by atoms with Crippen molar-refractivity contribution < 1.29 is 22.4 Å². The van der Waals surface area contributed by atoms with Gasteiger partial charge in [0.1, 0.15) is 10.7 Å². The van der Waals surface area contributed by atoms with Crippen molar-refractivity contribution in [3.63, 3.8) is 0 Å². The molecule has 9 nitrogen and oxygen atoms in total. The molecule has 2 aromatic rings. The first kappa shape index (κ1) is 18.6. The minimum absolute atomic E-state index is 0.115. The fraction of sp³-hybridized carbons (Fsp3) is 0.235. The number of furan rings is 1. The van der Waals surface area contributed by atoms with E-state index in [0.29, 0.717) is 11.3 Å². The number of hydrogen-bond acceptors (Lipinski definition) is 6. The average molecular weight is 390 g/mol. The van der Waals surface area contributed by atoms with Crippen LogP contribution in [0.25, 0.3) is 0 Å². The first-order valence-corrected chi connectivity index (χ1v) is 9.52. The molecule has 0 saturated carbocycles. The lowest BCUT2D eigenvalue weighted by Crippen LogP contribution is -2.42. The predicted molar refractivity (Wildman–Crippen MR) is 96.4 cm³/mol. The first-order chi connectivity index (χ1) is 12.9. The van der Waals surface area contributed by atoms with Gasteiger partial charge >= 0.3 is 0 Å². The number of benzene rings is 1. The van der Waals surface area contributed by atoms with Crippen molar-refractivity contribution in [1.82, 2.24) is 15.5 Å². The summed E-state index contributed by atoms with van der Waals surface area (Å²) in [6.45, 7) is -0.115. The van der Waals surface area contributed by atoms with Gasteiger partial charge in [-0.3, -0.25) is 9.59 Å². The molecule has 0 bridgehead atoms. The van der Waals surface area contributed by atoms with Crippen LogP contribution < -0.4 is 10.6 Å². The Morgan fingerprint density at radius 1 is 1.11 bits per heavy atom. The Labute approximate surface area is 156 Å². The molecule has 0 spiro atoms. The summed E-state index contributed by atoms with van der Waals surface area (Å²) in [5.74, 6) is 0.000196. The van der Waals surface area contributed by atoms with E-state index >= 15 is 0 Å². The van der Waals surface area contributed by atoms with E-state index in [0.717, 1.165) is 0 Å². The highest BCUT2D eigenvalue weighted by Crippen LogP contribution is 2.26. The minimum Gasteiger partial charge on any atom is -0.467 e. The molecule has 0 radical (unpaired) electrons. The summed E-state index contributed by atoms with van der Waals surface area (Å²) < 4.78 is 33.0. The number of fused-ring (bicyclic) bond motifs is 1.